The molecule has 0 spiro atoms. The summed E-state index contributed by atoms with van der Waals surface area (Å²) >= 11 is 0. The summed E-state index contributed by atoms with van der Waals surface area (Å²) in [6, 6.07) is 22.1. The molecule has 0 bridgehead atoms. The van der Waals surface area contributed by atoms with Crippen LogP contribution in [-0.2, 0) is 4.79 Å². The Labute approximate surface area is 171 Å². The minimum Gasteiger partial charge on any atom is -0.508 e. The molecule has 29 heavy (non-hydrogen) atoms. The molecule has 0 saturated heterocycles. The van der Waals surface area contributed by atoms with Crippen molar-refractivity contribution in [1.29, 1.82) is 0 Å². The summed E-state index contributed by atoms with van der Waals surface area (Å²) in [5.74, 6) is 0.421. The highest BCUT2D eigenvalue weighted by Crippen LogP contribution is 2.35. The third kappa shape index (κ3) is 4.85. The van der Waals surface area contributed by atoms with Gasteiger partial charge in [-0.1, -0.05) is 50.2 Å². The molecule has 0 aromatic heterocycles. The number of benzene rings is 3. The van der Waals surface area contributed by atoms with Crippen LogP contribution in [0.3, 0.4) is 0 Å². The highest BCUT2D eigenvalue weighted by atomic mass is 16.3. The van der Waals surface area contributed by atoms with Crippen molar-refractivity contribution < 1.29 is 15.0 Å². The topological polar surface area (TPSA) is 69.6 Å². The molecule has 1 amide bonds. The van der Waals surface area contributed by atoms with Gasteiger partial charge in [-0.05, 0) is 70.7 Å². The van der Waals surface area contributed by atoms with Crippen LogP contribution in [0, 0.1) is 0 Å². The average Bonchev–Trinajstić information content (AvgIpc) is 2.74. The van der Waals surface area contributed by atoms with Gasteiger partial charge in [0.15, 0.2) is 0 Å². The summed E-state index contributed by atoms with van der Waals surface area (Å²) in [5, 5.41) is 22.2. The van der Waals surface area contributed by atoms with E-state index in [1.54, 1.807) is 24.3 Å². The zero-order valence-electron chi connectivity index (χ0n) is 16.6. The summed E-state index contributed by atoms with van der Waals surface area (Å²) in [5.41, 5.74) is 5.95. The molecule has 3 aromatic rings. The number of anilines is 1. The van der Waals surface area contributed by atoms with Crippen LogP contribution < -0.4 is 5.32 Å². The van der Waals surface area contributed by atoms with Gasteiger partial charge in [0.05, 0.1) is 0 Å². The molecule has 0 aliphatic carbocycles. The minimum atomic E-state index is -0.0228. The Hall–Kier alpha value is -3.53. The smallest absolute Gasteiger partial charge is 0.224 e. The molecule has 3 aromatic carbocycles. The Balaban J connectivity index is 2.13. The molecular weight excluding hydrogens is 362 g/mol. The van der Waals surface area contributed by atoms with Crippen LogP contribution in [0.25, 0.3) is 11.1 Å². The lowest BCUT2D eigenvalue weighted by Gasteiger charge is -2.17. The molecule has 0 saturated carbocycles. The van der Waals surface area contributed by atoms with E-state index in [2.05, 4.69) is 12.2 Å². The molecule has 4 heteroatoms. The first kappa shape index (κ1) is 20.2. The van der Waals surface area contributed by atoms with Gasteiger partial charge in [-0.2, -0.15) is 0 Å². The fraction of sp³-hybridized carbons (Fsp3) is 0.160. The van der Waals surface area contributed by atoms with E-state index in [1.165, 1.54) is 0 Å². The van der Waals surface area contributed by atoms with E-state index in [-0.39, 0.29) is 17.4 Å². The van der Waals surface area contributed by atoms with Crippen molar-refractivity contribution in [2.24, 2.45) is 0 Å². The van der Waals surface area contributed by atoms with E-state index in [0.717, 1.165) is 39.9 Å². The fourth-order valence-corrected chi connectivity index (χ4v) is 3.30. The number of carbonyl (C=O) groups is 1. The van der Waals surface area contributed by atoms with Gasteiger partial charge in [0, 0.05) is 12.1 Å². The van der Waals surface area contributed by atoms with E-state index < -0.39 is 0 Å². The predicted molar refractivity (Wildman–Crippen MR) is 118 cm³/mol. The molecule has 0 atom stereocenters. The fourth-order valence-electron chi connectivity index (χ4n) is 3.30. The molecule has 0 radical (unpaired) electrons. The van der Waals surface area contributed by atoms with Crippen LogP contribution in [0.4, 0.5) is 5.69 Å². The highest BCUT2D eigenvalue weighted by molar-refractivity contribution is 5.99. The number of rotatable bonds is 6. The van der Waals surface area contributed by atoms with Crippen molar-refractivity contribution in [2.45, 2.75) is 26.7 Å². The Bertz CT molecular complexity index is 1000. The van der Waals surface area contributed by atoms with Crippen LogP contribution in [0.5, 0.6) is 11.5 Å². The highest BCUT2D eigenvalue weighted by Gasteiger charge is 2.13. The van der Waals surface area contributed by atoms with Gasteiger partial charge in [-0.15, -0.1) is 0 Å². The maximum Gasteiger partial charge on any atom is 0.224 e. The summed E-state index contributed by atoms with van der Waals surface area (Å²) in [6.07, 6.45) is 1.22. The number of allylic oxidation sites excluding steroid dienone is 1. The molecule has 3 N–H and O–H groups in total. The van der Waals surface area contributed by atoms with Gasteiger partial charge in [-0.3, -0.25) is 4.79 Å². The van der Waals surface area contributed by atoms with Crippen LogP contribution in [0.2, 0.25) is 0 Å². The first-order valence-electron chi connectivity index (χ1n) is 9.74. The molecule has 0 aliphatic heterocycles. The van der Waals surface area contributed by atoms with Crippen LogP contribution in [-0.4, -0.2) is 16.1 Å². The Kier molecular flexibility index (Phi) is 6.35. The average molecular weight is 387 g/mol. The Morgan fingerprint density at radius 1 is 0.690 bits per heavy atom. The van der Waals surface area contributed by atoms with Crippen molar-refractivity contribution in [3.63, 3.8) is 0 Å². The molecule has 0 heterocycles. The predicted octanol–water partition coefficient (Wildman–Crippen LogP) is 5.82. The SMILES string of the molecule is CCC(=O)Nc1ccc(/C(=C(\CC)c2ccc(O)cc2)c2ccc(O)cc2)cc1. The van der Waals surface area contributed by atoms with E-state index in [4.69, 9.17) is 0 Å². The number of carbonyl (C=O) groups excluding carboxylic acids is 1. The number of nitrogens with one attached hydrogen (secondary N) is 1. The Morgan fingerprint density at radius 3 is 1.59 bits per heavy atom. The third-order valence-corrected chi connectivity index (χ3v) is 4.81. The molecule has 0 aliphatic rings. The number of amides is 1. The summed E-state index contributed by atoms with van der Waals surface area (Å²) in [4.78, 5) is 11.7. The summed E-state index contributed by atoms with van der Waals surface area (Å²) in [6.45, 7) is 3.92. The third-order valence-electron chi connectivity index (χ3n) is 4.81. The largest absolute Gasteiger partial charge is 0.508 e. The normalized spacial score (nSPS) is 11.7. The van der Waals surface area contributed by atoms with Crippen molar-refractivity contribution in [2.75, 3.05) is 5.32 Å². The van der Waals surface area contributed by atoms with Gasteiger partial charge in [-0.25, -0.2) is 0 Å². The van der Waals surface area contributed by atoms with Gasteiger partial charge in [0.25, 0.3) is 0 Å². The van der Waals surface area contributed by atoms with Crippen LogP contribution >= 0.6 is 0 Å². The van der Waals surface area contributed by atoms with Gasteiger partial charge < -0.3 is 15.5 Å². The minimum absolute atomic E-state index is 0.0228. The van der Waals surface area contributed by atoms with Crippen LogP contribution in [0.1, 0.15) is 43.4 Å². The second-order valence-electron chi connectivity index (χ2n) is 6.78. The molecule has 0 unspecified atom stereocenters. The molecular formula is C25H25NO3. The number of phenols is 2. The zero-order valence-corrected chi connectivity index (χ0v) is 16.6. The molecule has 0 fully saturated rings. The summed E-state index contributed by atoms with van der Waals surface area (Å²) in [7, 11) is 0. The van der Waals surface area contributed by atoms with Crippen LogP contribution in [0.15, 0.2) is 72.8 Å². The number of hydrogen-bond donors (Lipinski definition) is 3. The molecule has 4 nitrogen and oxygen atoms in total. The van der Waals surface area contributed by atoms with E-state index in [1.807, 2.05) is 55.5 Å². The second kappa shape index (κ2) is 9.11. The Morgan fingerprint density at radius 2 is 1.14 bits per heavy atom. The van der Waals surface area contributed by atoms with E-state index in [9.17, 15) is 15.0 Å². The first-order valence-corrected chi connectivity index (χ1v) is 9.74. The van der Waals surface area contributed by atoms with Gasteiger partial charge in [0.1, 0.15) is 11.5 Å². The maximum absolute atomic E-state index is 11.7. The number of phenolic OH excluding ortho intramolecular Hbond substituents is 2. The van der Waals surface area contributed by atoms with E-state index in [0.29, 0.717) is 6.42 Å². The zero-order chi connectivity index (χ0) is 20.8. The standard InChI is InChI=1S/C25H25NO3/c1-3-23(17-7-13-21(27)14-8-17)25(19-9-15-22(28)16-10-19)18-5-11-20(12-6-18)26-24(29)4-2/h5-16,27-28H,3-4H2,1-2H3,(H,26,29)/b25-23-. The first-order chi connectivity index (χ1) is 14.0. The van der Waals surface area contributed by atoms with Crippen molar-refractivity contribution >= 4 is 22.7 Å². The van der Waals surface area contributed by atoms with Gasteiger partial charge in [0.2, 0.25) is 5.91 Å². The van der Waals surface area contributed by atoms with Crippen molar-refractivity contribution in [3.05, 3.63) is 89.5 Å². The van der Waals surface area contributed by atoms with E-state index >= 15 is 0 Å². The van der Waals surface area contributed by atoms with Crippen molar-refractivity contribution in [3.8, 4) is 11.5 Å². The lowest BCUT2D eigenvalue weighted by molar-refractivity contribution is -0.115. The van der Waals surface area contributed by atoms with Crippen molar-refractivity contribution in [1.82, 2.24) is 0 Å². The molecule has 148 valence electrons. The number of aromatic hydroxyl groups is 2. The molecule has 3 rings (SSSR count). The quantitative estimate of drug-likeness (QED) is 0.467. The maximum atomic E-state index is 11.7. The second-order valence-corrected chi connectivity index (χ2v) is 6.78. The monoisotopic (exact) mass is 387 g/mol. The lowest BCUT2D eigenvalue weighted by Crippen LogP contribution is -2.09. The number of hydrogen-bond acceptors (Lipinski definition) is 3. The lowest BCUT2D eigenvalue weighted by atomic mass is 9.88. The summed E-state index contributed by atoms with van der Waals surface area (Å²) < 4.78 is 0. The van der Waals surface area contributed by atoms with Gasteiger partial charge >= 0.3 is 0 Å².